The van der Waals surface area contributed by atoms with Crippen LogP contribution in [-0.2, 0) is 0 Å². The normalized spacial score (nSPS) is 9.77. The summed E-state index contributed by atoms with van der Waals surface area (Å²) in [5, 5.41) is 9.06. The minimum Gasteiger partial charge on any atom is -0.192 e. The van der Waals surface area contributed by atoms with Crippen LogP contribution in [-0.4, -0.2) is 0 Å². The number of rotatable bonds is 3. The van der Waals surface area contributed by atoms with Crippen molar-refractivity contribution in [1.29, 1.82) is 5.26 Å². The van der Waals surface area contributed by atoms with E-state index in [1.807, 2.05) is 60.7 Å². The van der Waals surface area contributed by atoms with Gasteiger partial charge >= 0.3 is 0 Å². The van der Waals surface area contributed by atoms with Gasteiger partial charge in [0.15, 0.2) is 0 Å². The summed E-state index contributed by atoms with van der Waals surface area (Å²) in [6.45, 7) is 0. The molecule has 0 heterocycles. The highest BCUT2D eigenvalue weighted by atomic mass is 14.2. The molecule has 0 aliphatic heterocycles. The van der Waals surface area contributed by atoms with Crippen molar-refractivity contribution in [3.63, 3.8) is 0 Å². The summed E-state index contributed by atoms with van der Waals surface area (Å²) in [4.78, 5) is 0. The van der Waals surface area contributed by atoms with Crippen molar-refractivity contribution in [3.8, 4) is 6.07 Å². The number of nitriles is 1. The molecule has 0 saturated heterocycles. The molecule has 0 aliphatic rings. The monoisotopic (exact) mass is 281 g/mol. The molecule has 0 radical (unpaired) electrons. The molecule has 0 fully saturated rings. The van der Waals surface area contributed by atoms with Crippen LogP contribution in [0.2, 0.25) is 0 Å². The van der Waals surface area contributed by atoms with Crippen LogP contribution < -0.4 is 0 Å². The summed E-state index contributed by atoms with van der Waals surface area (Å²) in [6.07, 6.45) is 2.13. The molecule has 0 spiro atoms. The van der Waals surface area contributed by atoms with E-state index in [-0.39, 0.29) is 0 Å². The summed E-state index contributed by atoms with van der Waals surface area (Å²) >= 11 is 0. The average molecular weight is 281 g/mol. The van der Waals surface area contributed by atoms with Gasteiger partial charge in [-0.1, -0.05) is 72.8 Å². The second-order valence-electron chi connectivity index (χ2n) is 5.03. The third-order valence-corrected chi connectivity index (χ3v) is 3.50. The van der Waals surface area contributed by atoms with Gasteiger partial charge in [0.05, 0.1) is 11.6 Å². The molecule has 3 aromatic rings. The van der Waals surface area contributed by atoms with Gasteiger partial charge in [-0.15, -0.1) is 0 Å². The molecule has 0 aliphatic carbocycles. The van der Waals surface area contributed by atoms with E-state index in [9.17, 15) is 0 Å². The Morgan fingerprint density at radius 3 is 1.86 bits per heavy atom. The lowest BCUT2D eigenvalue weighted by atomic mass is 9.95. The Morgan fingerprint density at radius 2 is 1.32 bits per heavy atom. The predicted molar refractivity (Wildman–Crippen MR) is 91.0 cm³/mol. The van der Waals surface area contributed by atoms with Crippen molar-refractivity contribution >= 4 is 11.6 Å². The van der Waals surface area contributed by atoms with Crippen molar-refractivity contribution in [2.24, 2.45) is 0 Å². The minimum absolute atomic E-state index is 0.675. The zero-order valence-corrected chi connectivity index (χ0v) is 12.1. The number of nitrogens with zero attached hydrogens (tertiary/aromatic N) is 1. The molecular weight excluding hydrogens is 266 g/mol. The number of hydrogen-bond acceptors (Lipinski definition) is 1. The Kier molecular flexibility index (Phi) is 4.13. The van der Waals surface area contributed by atoms with Gasteiger partial charge in [0.1, 0.15) is 0 Å². The molecule has 3 aromatic carbocycles. The first-order valence-electron chi connectivity index (χ1n) is 7.19. The molecule has 0 aromatic heterocycles. The smallest absolute Gasteiger partial charge is 0.0991 e. The van der Waals surface area contributed by atoms with E-state index >= 15 is 0 Å². The quantitative estimate of drug-likeness (QED) is 0.609. The Hall–Kier alpha value is -3.11. The van der Waals surface area contributed by atoms with E-state index in [2.05, 4.69) is 36.4 Å². The average Bonchev–Trinajstić information content (AvgIpc) is 2.61. The molecule has 0 atom stereocenters. The summed E-state index contributed by atoms with van der Waals surface area (Å²) < 4.78 is 0. The maximum Gasteiger partial charge on any atom is 0.0991 e. The van der Waals surface area contributed by atoms with Gasteiger partial charge in [0.25, 0.3) is 0 Å². The fourth-order valence-electron chi connectivity index (χ4n) is 2.43. The first kappa shape index (κ1) is 13.9. The summed E-state index contributed by atoms with van der Waals surface area (Å²) in [6, 6.07) is 30.5. The predicted octanol–water partition coefficient (Wildman–Crippen LogP) is 5.15. The van der Waals surface area contributed by atoms with E-state index in [1.54, 1.807) is 0 Å². The summed E-state index contributed by atoms with van der Waals surface area (Å²) in [5.41, 5.74) is 5.18. The van der Waals surface area contributed by atoms with Crippen molar-refractivity contribution in [1.82, 2.24) is 0 Å². The second-order valence-corrected chi connectivity index (χ2v) is 5.03. The van der Waals surface area contributed by atoms with Crippen molar-refractivity contribution in [2.45, 2.75) is 0 Å². The molecule has 104 valence electrons. The highest BCUT2D eigenvalue weighted by molar-refractivity contribution is 5.91. The van der Waals surface area contributed by atoms with Gasteiger partial charge < -0.3 is 0 Å². The molecule has 22 heavy (non-hydrogen) atoms. The highest BCUT2D eigenvalue weighted by Crippen LogP contribution is 2.26. The summed E-state index contributed by atoms with van der Waals surface area (Å²) in [5.74, 6) is 0. The topological polar surface area (TPSA) is 23.8 Å². The largest absolute Gasteiger partial charge is 0.192 e. The molecule has 0 saturated carbocycles. The third-order valence-electron chi connectivity index (χ3n) is 3.50. The van der Waals surface area contributed by atoms with Crippen LogP contribution in [0.4, 0.5) is 0 Å². The lowest BCUT2D eigenvalue weighted by Gasteiger charge is -2.09. The standard InChI is InChI=1S/C21H15N/c22-16-18-9-7-8-17(14-18)15-21(19-10-3-1-4-11-19)20-12-5-2-6-13-20/h1-15H. The van der Waals surface area contributed by atoms with Crippen molar-refractivity contribution in [2.75, 3.05) is 0 Å². The van der Waals surface area contributed by atoms with E-state index in [4.69, 9.17) is 5.26 Å². The second kappa shape index (κ2) is 6.56. The van der Waals surface area contributed by atoms with Crippen LogP contribution in [0.25, 0.3) is 11.6 Å². The van der Waals surface area contributed by atoms with Gasteiger partial charge in [-0.2, -0.15) is 5.26 Å². The molecular formula is C21H15N. The lowest BCUT2D eigenvalue weighted by molar-refractivity contribution is 1.48. The zero-order chi connectivity index (χ0) is 15.2. The zero-order valence-electron chi connectivity index (χ0n) is 12.1. The Bertz CT molecular complexity index is 783. The molecule has 1 heteroatoms. The van der Waals surface area contributed by atoms with Gasteiger partial charge in [-0.3, -0.25) is 0 Å². The highest BCUT2D eigenvalue weighted by Gasteiger charge is 2.04. The molecule has 1 nitrogen and oxygen atoms in total. The fraction of sp³-hybridized carbons (Fsp3) is 0. The van der Waals surface area contributed by atoms with Gasteiger partial charge in [-0.05, 0) is 40.5 Å². The Labute approximate surface area is 130 Å². The van der Waals surface area contributed by atoms with Crippen LogP contribution in [0, 0.1) is 11.3 Å². The van der Waals surface area contributed by atoms with Crippen LogP contribution in [0.15, 0.2) is 84.9 Å². The summed E-state index contributed by atoms with van der Waals surface area (Å²) in [7, 11) is 0. The number of benzene rings is 3. The molecule has 0 N–H and O–H groups in total. The fourth-order valence-corrected chi connectivity index (χ4v) is 2.43. The first-order valence-corrected chi connectivity index (χ1v) is 7.19. The minimum atomic E-state index is 0.675. The van der Waals surface area contributed by atoms with Gasteiger partial charge in [0.2, 0.25) is 0 Å². The van der Waals surface area contributed by atoms with Gasteiger partial charge in [0, 0.05) is 0 Å². The maximum atomic E-state index is 9.06. The number of hydrogen-bond donors (Lipinski definition) is 0. The SMILES string of the molecule is N#Cc1cccc(C=C(c2ccccc2)c2ccccc2)c1. The lowest BCUT2D eigenvalue weighted by Crippen LogP contribution is -1.88. The van der Waals surface area contributed by atoms with Crippen LogP contribution in [0.3, 0.4) is 0 Å². The van der Waals surface area contributed by atoms with E-state index in [0.29, 0.717) is 5.56 Å². The Morgan fingerprint density at radius 1 is 0.727 bits per heavy atom. The van der Waals surface area contributed by atoms with Crippen LogP contribution in [0.1, 0.15) is 22.3 Å². The van der Waals surface area contributed by atoms with Gasteiger partial charge in [-0.25, -0.2) is 0 Å². The van der Waals surface area contributed by atoms with Crippen LogP contribution >= 0.6 is 0 Å². The van der Waals surface area contributed by atoms with Crippen LogP contribution in [0.5, 0.6) is 0 Å². The van der Waals surface area contributed by atoms with Crippen molar-refractivity contribution < 1.29 is 0 Å². The van der Waals surface area contributed by atoms with E-state index in [1.165, 1.54) is 0 Å². The Balaban J connectivity index is 2.13. The third kappa shape index (κ3) is 3.13. The van der Waals surface area contributed by atoms with E-state index < -0.39 is 0 Å². The first-order chi connectivity index (χ1) is 10.9. The van der Waals surface area contributed by atoms with E-state index in [0.717, 1.165) is 22.3 Å². The maximum absolute atomic E-state index is 9.06. The molecule has 0 unspecified atom stereocenters. The molecule has 0 bridgehead atoms. The molecule has 3 rings (SSSR count). The van der Waals surface area contributed by atoms with Crippen molar-refractivity contribution in [3.05, 3.63) is 107 Å². The molecule has 0 amide bonds.